The monoisotopic (exact) mass is 226 g/mol. The van der Waals surface area contributed by atoms with E-state index in [0.717, 1.165) is 18.3 Å². The Kier molecular flexibility index (Phi) is 3.23. The average Bonchev–Trinajstić information content (AvgIpc) is 2.99. The zero-order chi connectivity index (χ0) is 10.7. The summed E-state index contributed by atoms with van der Waals surface area (Å²) in [6, 6.07) is 6.88. The van der Waals surface area contributed by atoms with Crippen LogP contribution in [-0.4, -0.2) is 15.4 Å². The van der Waals surface area contributed by atoms with Crippen molar-refractivity contribution in [3.63, 3.8) is 0 Å². The molecule has 0 spiro atoms. The minimum Gasteiger partial charge on any atom is -0.755 e. The number of anilines is 1. The molecule has 0 aromatic heterocycles. The fraction of sp³-hybridized carbons (Fsp3) is 0.400. The van der Waals surface area contributed by atoms with Gasteiger partial charge in [-0.15, -0.1) is 0 Å². The molecule has 1 saturated carbocycles. The second kappa shape index (κ2) is 4.63. The van der Waals surface area contributed by atoms with Crippen LogP contribution in [0.2, 0.25) is 0 Å². The van der Waals surface area contributed by atoms with Crippen LogP contribution < -0.4 is 9.46 Å². The van der Waals surface area contributed by atoms with E-state index in [1.165, 1.54) is 12.8 Å². The van der Waals surface area contributed by atoms with E-state index < -0.39 is 11.3 Å². The molecule has 1 aromatic carbocycles. The van der Waals surface area contributed by atoms with Crippen LogP contribution in [0.15, 0.2) is 24.3 Å². The van der Waals surface area contributed by atoms with Crippen molar-refractivity contribution < 1.29 is 13.5 Å². The molecule has 1 aromatic rings. The van der Waals surface area contributed by atoms with Gasteiger partial charge in [-0.05, 0) is 43.0 Å². The van der Waals surface area contributed by atoms with Gasteiger partial charge in [0.1, 0.15) is 5.75 Å². The number of hydrogen-bond donors (Lipinski definition) is 1. The summed E-state index contributed by atoms with van der Waals surface area (Å²) in [7, 11) is 0. The summed E-state index contributed by atoms with van der Waals surface area (Å²) in [5.74, 6) is 1.50. The summed E-state index contributed by atoms with van der Waals surface area (Å²) in [5, 5.41) is 0. The Morgan fingerprint density at radius 2 is 2.07 bits per heavy atom. The van der Waals surface area contributed by atoms with E-state index in [2.05, 4.69) is 4.72 Å². The van der Waals surface area contributed by atoms with Crippen LogP contribution in [0.3, 0.4) is 0 Å². The van der Waals surface area contributed by atoms with E-state index in [1.807, 2.05) is 0 Å². The third-order valence-electron chi connectivity index (χ3n) is 2.24. The van der Waals surface area contributed by atoms with Gasteiger partial charge in [-0.3, -0.25) is 4.21 Å². The molecule has 82 valence electrons. The van der Waals surface area contributed by atoms with Crippen LogP contribution in [0.5, 0.6) is 5.75 Å². The highest BCUT2D eigenvalue weighted by Gasteiger charge is 2.21. The number of benzene rings is 1. The summed E-state index contributed by atoms with van der Waals surface area (Å²) >= 11 is -2.27. The van der Waals surface area contributed by atoms with Gasteiger partial charge in [0.25, 0.3) is 0 Å². The Bertz CT molecular complexity index is 348. The second-order valence-electron chi connectivity index (χ2n) is 3.62. The zero-order valence-corrected chi connectivity index (χ0v) is 8.96. The Hall–Kier alpha value is -1.07. The lowest BCUT2D eigenvalue weighted by atomic mass is 10.3. The first-order valence-electron chi connectivity index (χ1n) is 4.83. The Labute approximate surface area is 91.1 Å². The fourth-order valence-electron chi connectivity index (χ4n) is 1.21. The first-order valence-corrected chi connectivity index (χ1v) is 5.90. The van der Waals surface area contributed by atoms with Crippen molar-refractivity contribution in [3.05, 3.63) is 24.3 Å². The van der Waals surface area contributed by atoms with Gasteiger partial charge in [-0.1, -0.05) is 0 Å². The number of hydrogen-bond acceptors (Lipinski definition) is 3. The topological polar surface area (TPSA) is 61.4 Å². The number of rotatable bonds is 5. The summed E-state index contributed by atoms with van der Waals surface area (Å²) in [5.41, 5.74) is 0.544. The summed E-state index contributed by atoms with van der Waals surface area (Å²) in [4.78, 5) is 0. The van der Waals surface area contributed by atoms with Crippen LogP contribution in [0, 0.1) is 5.92 Å². The third kappa shape index (κ3) is 3.53. The molecule has 0 bridgehead atoms. The minimum absolute atomic E-state index is 0.544. The maximum Gasteiger partial charge on any atom is 0.119 e. The highest BCUT2D eigenvalue weighted by atomic mass is 32.2. The zero-order valence-electron chi connectivity index (χ0n) is 8.14. The lowest BCUT2D eigenvalue weighted by molar-refractivity contribution is 0.300. The highest BCUT2D eigenvalue weighted by Crippen LogP contribution is 2.29. The number of nitrogens with one attached hydrogen (secondary N) is 1. The van der Waals surface area contributed by atoms with Gasteiger partial charge < -0.3 is 14.0 Å². The van der Waals surface area contributed by atoms with Crippen molar-refractivity contribution >= 4 is 17.0 Å². The van der Waals surface area contributed by atoms with Gasteiger partial charge in [0, 0.05) is 17.0 Å². The quantitative estimate of drug-likeness (QED) is 0.777. The average molecular weight is 226 g/mol. The first-order chi connectivity index (χ1) is 7.24. The van der Waals surface area contributed by atoms with E-state index >= 15 is 0 Å². The predicted octanol–water partition coefficient (Wildman–Crippen LogP) is 1.68. The maximum atomic E-state index is 10.3. The summed E-state index contributed by atoms with van der Waals surface area (Å²) in [6.45, 7) is 0.764. The Morgan fingerprint density at radius 3 is 2.60 bits per heavy atom. The standard InChI is InChI=1S/C10H13NO3S/c12-15(13)11-9-3-5-10(6-4-9)14-7-8-1-2-8/h3-6,8,11H,1-2,7H2,(H,12,13)/p-1. The molecule has 15 heavy (non-hydrogen) atoms. The fourth-order valence-corrected chi connectivity index (χ4v) is 1.54. The van der Waals surface area contributed by atoms with Gasteiger partial charge >= 0.3 is 0 Å². The van der Waals surface area contributed by atoms with E-state index in [9.17, 15) is 8.76 Å². The molecule has 0 amide bonds. The lowest BCUT2D eigenvalue weighted by Crippen LogP contribution is -2.02. The molecule has 4 nitrogen and oxygen atoms in total. The van der Waals surface area contributed by atoms with E-state index in [4.69, 9.17) is 4.74 Å². The molecule has 0 radical (unpaired) electrons. The normalized spacial score (nSPS) is 17.1. The van der Waals surface area contributed by atoms with Crippen molar-refractivity contribution in [1.29, 1.82) is 0 Å². The molecular weight excluding hydrogens is 214 g/mol. The van der Waals surface area contributed by atoms with Crippen LogP contribution in [0.4, 0.5) is 5.69 Å². The molecule has 0 aliphatic heterocycles. The smallest absolute Gasteiger partial charge is 0.119 e. The van der Waals surface area contributed by atoms with Crippen molar-refractivity contribution in [3.8, 4) is 5.75 Å². The van der Waals surface area contributed by atoms with Crippen molar-refractivity contribution in [1.82, 2.24) is 0 Å². The Balaban J connectivity index is 1.87. The van der Waals surface area contributed by atoms with Crippen LogP contribution in [0.25, 0.3) is 0 Å². The first kappa shape index (κ1) is 10.4. The lowest BCUT2D eigenvalue weighted by Gasteiger charge is -2.09. The van der Waals surface area contributed by atoms with Gasteiger partial charge in [0.2, 0.25) is 0 Å². The molecule has 2 rings (SSSR count). The van der Waals surface area contributed by atoms with Crippen LogP contribution in [-0.2, 0) is 11.3 Å². The van der Waals surface area contributed by atoms with Crippen LogP contribution in [0.1, 0.15) is 12.8 Å². The van der Waals surface area contributed by atoms with Gasteiger partial charge in [-0.25, -0.2) is 0 Å². The van der Waals surface area contributed by atoms with Crippen molar-refractivity contribution in [2.24, 2.45) is 5.92 Å². The van der Waals surface area contributed by atoms with Gasteiger partial charge in [0.15, 0.2) is 0 Å². The predicted molar refractivity (Wildman–Crippen MR) is 57.2 cm³/mol. The second-order valence-corrected chi connectivity index (χ2v) is 4.29. The summed E-state index contributed by atoms with van der Waals surface area (Å²) in [6.07, 6.45) is 2.52. The largest absolute Gasteiger partial charge is 0.755 e. The molecule has 1 fully saturated rings. The van der Waals surface area contributed by atoms with Gasteiger partial charge in [0.05, 0.1) is 6.61 Å². The maximum absolute atomic E-state index is 10.3. The molecular formula is C10H12NO3S-. The van der Waals surface area contributed by atoms with E-state index in [-0.39, 0.29) is 0 Å². The molecule has 1 N–H and O–H groups in total. The third-order valence-corrected chi connectivity index (χ3v) is 2.64. The summed E-state index contributed by atoms with van der Waals surface area (Å²) < 4.78 is 28.4. The Morgan fingerprint density at radius 1 is 1.40 bits per heavy atom. The molecule has 1 aliphatic carbocycles. The molecule has 0 saturated heterocycles. The molecule has 1 atom stereocenters. The van der Waals surface area contributed by atoms with Crippen molar-refractivity contribution in [2.75, 3.05) is 11.3 Å². The molecule has 5 heteroatoms. The molecule has 1 aliphatic rings. The van der Waals surface area contributed by atoms with Gasteiger partial charge in [-0.2, -0.15) is 0 Å². The minimum atomic E-state index is -2.27. The highest BCUT2D eigenvalue weighted by molar-refractivity contribution is 7.80. The van der Waals surface area contributed by atoms with E-state index in [0.29, 0.717) is 5.69 Å². The molecule has 1 unspecified atom stereocenters. The number of ether oxygens (including phenoxy) is 1. The molecule has 0 heterocycles. The van der Waals surface area contributed by atoms with E-state index in [1.54, 1.807) is 24.3 Å². The van der Waals surface area contributed by atoms with Crippen molar-refractivity contribution in [2.45, 2.75) is 12.8 Å². The van der Waals surface area contributed by atoms with Crippen LogP contribution >= 0.6 is 0 Å². The SMILES string of the molecule is O=S([O-])Nc1ccc(OCC2CC2)cc1.